The van der Waals surface area contributed by atoms with Crippen LogP contribution in [0.3, 0.4) is 0 Å². The quantitative estimate of drug-likeness (QED) is 0.851. The highest BCUT2D eigenvalue weighted by Crippen LogP contribution is 2.22. The molecule has 0 aromatic carbocycles. The molecule has 1 N–H and O–H groups in total. The number of likely N-dealkylation sites (tertiary alicyclic amines) is 2. The Morgan fingerprint density at radius 1 is 1.28 bits per heavy atom. The number of nitrogens with one attached hydrogen (secondary N) is 1. The van der Waals surface area contributed by atoms with Gasteiger partial charge >= 0.3 is 0 Å². The predicted molar refractivity (Wildman–Crippen MR) is 95.3 cm³/mol. The zero-order valence-corrected chi connectivity index (χ0v) is 15.1. The van der Waals surface area contributed by atoms with Gasteiger partial charge in [-0.25, -0.2) is 9.97 Å². The summed E-state index contributed by atoms with van der Waals surface area (Å²) in [7, 11) is 5.65. The van der Waals surface area contributed by atoms with Crippen LogP contribution in [0, 0.1) is 5.92 Å². The fourth-order valence-corrected chi connectivity index (χ4v) is 3.41. The molecular weight excluding hydrogens is 320 g/mol. The molecule has 3 heterocycles. The molecule has 25 heavy (non-hydrogen) atoms. The number of amides is 2. The SMILES string of the molecule is CN1CC(C(=O)N2CCC(Nc3cc(N(C)C)ncn3)CC2)CC1=O. The summed E-state index contributed by atoms with van der Waals surface area (Å²) in [6, 6.07) is 2.22. The van der Waals surface area contributed by atoms with Crippen LogP contribution in [0.1, 0.15) is 19.3 Å². The average molecular weight is 346 g/mol. The van der Waals surface area contributed by atoms with Crippen LogP contribution in [0.4, 0.5) is 11.6 Å². The van der Waals surface area contributed by atoms with Crippen LogP contribution in [0.2, 0.25) is 0 Å². The molecule has 2 fully saturated rings. The van der Waals surface area contributed by atoms with Gasteiger partial charge in [0, 0.05) is 59.3 Å². The van der Waals surface area contributed by atoms with Crippen LogP contribution < -0.4 is 10.2 Å². The Balaban J connectivity index is 1.51. The lowest BCUT2D eigenvalue weighted by Crippen LogP contribution is -2.45. The molecule has 1 unspecified atom stereocenters. The lowest BCUT2D eigenvalue weighted by atomic mass is 10.0. The molecule has 0 radical (unpaired) electrons. The van der Waals surface area contributed by atoms with E-state index in [9.17, 15) is 9.59 Å². The second-order valence-corrected chi connectivity index (χ2v) is 7.08. The molecule has 2 aliphatic rings. The Bertz CT molecular complexity index is 642. The van der Waals surface area contributed by atoms with Gasteiger partial charge in [0.1, 0.15) is 18.0 Å². The maximum Gasteiger partial charge on any atom is 0.227 e. The van der Waals surface area contributed by atoms with Gasteiger partial charge in [0.2, 0.25) is 11.8 Å². The maximum absolute atomic E-state index is 12.6. The number of aromatic nitrogens is 2. The van der Waals surface area contributed by atoms with Crippen LogP contribution in [0.5, 0.6) is 0 Å². The number of carbonyl (C=O) groups excluding carboxylic acids is 2. The topological polar surface area (TPSA) is 81.7 Å². The number of carbonyl (C=O) groups is 2. The fourth-order valence-electron chi connectivity index (χ4n) is 3.41. The lowest BCUT2D eigenvalue weighted by Gasteiger charge is -2.34. The molecule has 2 amide bonds. The molecular formula is C17H26N6O2. The fraction of sp³-hybridized carbons (Fsp3) is 0.647. The average Bonchev–Trinajstić information content (AvgIpc) is 2.94. The number of rotatable bonds is 4. The Labute approximate surface area is 148 Å². The smallest absolute Gasteiger partial charge is 0.227 e. The Kier molecular flexibility index (Phi) is 5.06. The number of anilines is 2. The molecule has 8 nitrogen and oxygen atoms in total. The highest BCUT2D eigenvalue weighted by Gasteiger charge is 2.35. The van der Waals surface area contributed by atoms with E-state index < -0.39 is 0 Å². The largest absolute Gasteiger partial charge is 0.367 e. The predicted octanol–water partition coefficient (Wildman–Crippen LogP) is 0.424. The van der Waals surface area contributed by atoms with Gasteiger partial charge in [-0.05, 0) is 12.8 Å². The minimum atomic E-state index is -0.175. The molecule has 8 heteroatoms. The third-order valence-corrected chi connectivity index (χ3v) is 4.96. The summed E-state index contributed by atoms with van der Waals surface area (Å²) < 4.78 is 0. The highest BCUT2D eigenvalue weighted by atomic mass is 16.2. The summed E-state index contributed by atoms with van der Waals surface area (Å²) in [4.78, 5) is 38.2. The van der Waals surface area contributed by atoms with Gasteiger partial charge < -0.3 is 20.0 Å². The van der Waals surface area contributed by atoms with Crippen molar-refractivity contribution in [1.29, 1.82) is 0 Å². The summed E-state index contributed by atoms with van der Waals surface area (Å²) in [5.41, 5.74) is 0. The molecule has 1 atom stereocenters. The third-order valence-electron chi connectivity index (χ3n) is 4.96. The molecule has 0 aliphatic carbocycles. The standard InChI is InChI=1S/C17H26N6O2/c1-21(2)15-9-14(18-11-19-15)20-13-4-6-23(7-5-13)17(25)12-8-16(24)22(3)10-12/h9,11-13H,4-8,10H2,1-3H3,(H,18,19,20). The monoisotopic (exact) mass is 346 g/mol. The maximum atomic E-state index is 12.6. The van der Waals surface area contributed by atoms with Crippen LogP contribution in [0.25, 0.3) is 0 Å². The van der Waals surface area contributed by atoms with Crippen molar-refractivity contribution in [3.05, 3.63) is 12.4 Å². The number of hydrogen-bond donors (Lipinski definition) is 1. The van der Waals surface area contributed by atoms with Gasteiger partial charge in [-0.3, -0.25) is 9.59 Å². The van der Waals surface area contributed by atoms with Gasteiger partial charge in [-0.2, -0.15) is 0 Å². The molecule has 0 spiro atoms. The van der Waals surface area contributed by atoms with Crippen molar-refractivity contribution in [2.24, 2.45) is 5.92 Å². The minimum Gasteiger partial charge on any atom is -0.367 e. The Morgan fingerprint density at radius 2 is 2.00 bits per heavy atom. The summed E-state index contributed by atoms with van der Waals surface area (Å²) in [6.07, 6.45) is 3.67. The zero-order valence-electron chi connectivity index (χ0n) is 15.1. The van der Waals surface area contributed by atoms with Crippen molar-refractivity contribution >= 4 is 23.5 Å². The highest BCUT2D eigenvalue weighted by molar-refractivity contribution is 5.89. The van der Waals surface area contributed by atoms with E-state index in [0.717, 1.165) is 37.6 Å². The molecule has 136 valence electrons. The van der Waals surface area contributed by atoms with Crippen LogP contribution >= 0.6 is 0 Å². The first-order chi connectivity index (χ1) is 11.9. The minimum absolute atomic E-state index is 0.0651. The van der Waals surface area contributed by atoms with Gasteiger partial charge in [-0.1, -0.05) is 0 Å². The first-order valence-corrected chi connectivity index (χ1v) is 8.72. The molecule has 2 saturated heterocycles. The van der Waals surface area contributed by atoms with Crippen LogP contribution in [0.15, 0.2) is 12.4 Å². The van der Waals surface area contributed by atoms with Crippen molar-refractivity contribution in [2.45, 2.75) is 25.3 Å². The Morgan fingerprint density at radius 3 is 2.60 bits per heavy atom. The number of nitrogens with zero attached hydrogens (tertiary/aromatic N) is 5. The third kappa shape index (κ3) is 4.00. The first kappa shape index (κ1) is 17.4. The van der Waals surface area contributed by atoms with Crippen LogP contribution in [-0.4, -0.2) is 78.4 Å². The molecule has 1 aromatic heterocycles. The second kappa shape index (κ2) is 7.25. The van der Waals surface area contributed by atoms with Crippen molar-refractivity contribution in [1.82, 2.24) is 19.8 Å². The van der Waals surface area contributed by atoms with E-state index in [1.165, 1.54) is 0 Å². The van der Waals surface area contributed by atoms with E-state index in [1.807, 2.05) is 30.0 Å². The number of hydrogen-bond acceptors (Lipinski definition) is 6. The van der Waals surface area contributed by atoms with E-state index in [-0.39, 0.29) is 17.7 Å². The summed E-state index contributed by atoms with van der Waals surface area (Å²) in [5.74, 6) is 1.68. The van der Waals surface area contributed by atoms with Crippen molar-refractivity contribution in [2.75, 3.05) is 51.0 Å². The van der Waals surface area contributed by atoms with E-state index in [0.29, 0.717) is 19.0 Å². The van der Waals surface area contributed by atoms with E-state index >= 15 is 0 Å². The van der Waals surface area contributed by atoms with Gasteiger partial charge in [-0.15, -0.1) is 0 Å². The van der Waals surface area contributed by atoms with Crippen molar-refractivity contribution in [3.8, 4) is 0 Å². The van der Waals surface area contributed by atoms with Crippen LogP contribution in [-0.2, 0) is 9.59 Å². The molecule has 3 rings (SSSR count). The molecule has 0 bridgehead atoms. The van der Waals surface area contributed by atoms with Gasteiger partial charge in [0.15, 0.2) is 0 Å². The van der Waals surface area contributed by atoms with E-state index in [2.05, 4.69) is 15.3 Å². The normalized spacial score (nSPS) is 21.6. The molecule has 1 aromatic rings. The first-order valence-electron chi connectivity index (χ1n) is 8.72. The summed E-state index contributed by atoms with van der Waals surface area (Å²) in [5, 5.41) is 3.44. The van der Waals surface area contributed by atoms with Gasteiger partial charge in [0.05, 0.1) is 5.92 Å². The summed E-state index contributed by atoms with van der Waals surface area (Å²) in [6.45, 7) is 1.98. The molecule has 2 aliphatic heterocycles. The van der Waals surface area contributed by atoms with E-state index in [4.69, 9.17) is 0 Å². The van der Waals surface area contributed by atoms with Gasteiger partial charge in [0.25, 0.3) is 0 Å². The Hall–Kier alpha value is -2.38. The zero-order chi connectivity index (χ0) is 18.0. The van der Waals surface area contributed by atoms with E-state index in [1.54, 1.807) is 18.3 Å². The van der Waals surface area contributed by atoms with Crippen molar-refractivity contribution in [3.63, 3.8) is 0 Å². The number of piperidine rings is 1. The lowest BCUT2D eigenvalue weighted by molar-refractivity contribution is -0.136. The molecule has 0 saturated carbocycles. The summed E-state index contributed by atoms with van der Waals surface area (Å²) >= 11 is 0. The van der Waals surface area contributed by atoms with Crippen molar-refractivity contribution < 1.29 is 9.59 Å². The second-order valence-electron chi connectivity index (χ2n) is 7.08.